The van der Waals surface area contributed by atoms with E-state index in [0.717, 1.165) is 27.1 Å². The number of hydrogen-bond acceptors (Lipinski definition) is 6. The van der Waals surface area contributed by atoms with Crippen molar-refractivity contribution in [1.29, 1.82) is 0 Å². The first-order valence-electron chi connectivity index (χ1n) is 8.25. The van der Waals surface area contributed by atoms with Gasteiger partial charge in [0.2, 0.25) is 5.13 Å². The number of nitrogens with zero attached hydrogens (tertiary/aromatic N) is 3. The maximum atomic E-state index is 6.04. The van der Waals surface area contributed by atoms with Crippen LogP contribution in [0.2, 0.25) is 5.02 Å². The van der Waals surface area contributed by atoms with Gasteiger partial charge in [0.1, 0.15) is 0 Å². The van der Waals surface area contributed by atoms with E-state index in [9.17, 15) is 0 Å². The molecule has 0 aliphatic rings. The SMILES string of the molecule is Clc1cccc(Nc2nnc(-c3ccccc3SCc3ccncc3)s2)c1. The van der Waals surface area contributed by atoms with Crippen LogP contribution in [-0.4, -0.2) is 15.2 Å². The number of rotatable bonds is 6. The fourth-order valence-electron chi connectivity index (χ4n) is 2.48. The van der Waals surface area contributed by atoms with E-state index < -0.39 is 0 Å². The van der Waals surface area contributed by atoms with Crippen molar-refractivity contribution in [2.45, 2.75) is 10.6 Å². The molecule has 0 saturated heterocycles. The van der Waals surface area contributed by atoms with Crippen molar-refractivity contribution in [2.24, 2.45) is 0 Å². The molecule has 0 saturated carbocycles. The maximum absolute atomic E-state index is 6.04. The van der Waals surface area contributed by atoms with Gasteiger partial charge in [-0.3, -0.25) is 4.98 Å². The summed E-state index contributed by atoms with van der Waals surface area (Å²) in [6, 6.07) is 19.9. The summed E-state index contributed by atoms with van der Waals surface area (Å²) in [6.07, 6.45) is 3.64. The molecule has 0 unspecified atom stereocenters. The normalized spacial score (nSPS) is 10.7. The summed E-state index contributed by atoms with van der Waals surface area (Å²) in [7, 11) is 0. The first-order valence-corrected chi connectivity index (χ1v) is 10.4. The maximum Gasteiger partial charge on any atom is 0.210 e. The van der Waals surface area contributed by atoms with Gasteiger partial charge in [0.05, 0.1) is 0 Å². The molecule has 4 nitrogen and oxygen atoms in total. The second kappa shape index (κ2) is 8.52. The summed E-state index contributed by atoms with van der Waals surface area (Å²) >= 11 is 9.35. The van der Waals surface area contributed by atoms with Crippen LogP contribution in [0.5, 0.6) is 0 Å². The van der Waals surface area contributed by atoms with Crippen molar-refractivity contribution in [3.8, 4) is 10.6 Å². The highest BCUT2D eigenvalue weighted by atomic mass is 35.5. The monoisotopic (exact) mass is 410 g/mol. The molecule has 0 amide bonds. The first kappa shape index (κ1) is 18.0. The van der Waals surface area contributed by atoms with E-state index in [-0.39, 0.29) is 0 Å². The molecule has 4 aromatic rings. The lowest BCUT2D eigenvalue weighted by Gasteiger charge is -2.06. The Balaban J connectivity index is 1.53. The third-order valence-electron chi connectivity index (χ3n) is 3.76. The Kier molecular flexibility index (Phi) is 5.67. The van der Waals surface area contributed by atoms with Crippen molar-refractivity contribution in [3.05, 3.63) is 83.6 Å². The lowest BCUT2D eigenvalue weighted by Crippen LogP contribution is -1.88. The Bertz CT molecular complexity index is 1040. The molecular formula is C20H15ClN4S2. The highest BCUT2D eigenvalue weighted by molar-refractivity contribution is 7.98. The van der Waals surface area contributed by atoms with Gasteiger partial charge in [-0.1, -0.05) is 47.2 Å². The molecule has 134 valence electrons. The van der Waals surface area contributed by atoms with E-state index in [1.165, 1.54) is 21.8 Å². The van der Waals surface area contributed by atoms with Crippen LogP contribution in [0, 0.1) is 0 Å². The van der Waals surface area contributed by atoms with Crippen LogP contribution in [0.1, 0.15) is 5.56 Å². The van der Waals surface area contributed by atoms with E-state index in [0.29, 0.717) is 5.02 Å². The van der Waals surface area contributed by atoms with Gasteiger partial charge in [0.15, 0.2) is 5.01 Å². The molecular weight excluding hydrogens is 396 g/mol. The number of thioether (sulfide) groups is 1. The minimum atomic E-state index is 0.683. The molecule has 4 rings (SSSR count). The number of aromatic nitrogens is 3. The van der Waals surface area contributed by atoms with Gasteiger partial charge < -0.3 is 5.32 Å². The van der Waals surface area contributed by atoms with Crippen molar-refractivity contribution in [2.75, 3.05) is 5.32 Å². The zero-order valence-corrected chi connectivity index (χ0v) is 16.6. The zero-order chi connectivity index (χ0) is 18.5. The minimum absolute atomic E-state index is 0.683. The number of benzene rings is 2. The highest BCUT2D eigenvalue weighted by Crippen LogP contribution is 2.36. The van der Waals surface area contributed by atoms with Gasteiger partial charge in [-0.05, 0) is 42.0 Å². The molecule has 1 N–H and O–H groups in total. The molecule has 0 atom stereocenters. The predicted molar refractivity (Wildman–Crippen MR) is 114 cm³/mol. The molecule has 0 fully saturated rings. The molecule has 2 aromatic heterocycles. The summed E-state index contributed by atoms with van der Waals surface area (Å²) in [5.74, 6) is 0.881. The van der Waals surface area contributed by atoms with E-state index in [1.54, 1.807) is 11.8 Å². The second-order valence-electron chi connectivity index (χ2n) is 5.69. The van der Waals surface area contributed by atoms with E-state index in [2.05, 4.69) is 32.6 Å². The summed E-state index contributed by atoms with van der Waals surface area (Å²) in [5.41, 5.74) is 3.23. The average molecular weight is 411 g/mol. The van der Waals surface area contributed by atoms with Gasteiger partial charge in [-0.2, -0.15) is 0 Å². The van der Waals surface area contributed by atoms with E-state index in [1.807, 2.05) is 60.9 Å². The molecule has 2 aromatic carbocycles. The average Bonchev–Trinajstić information content (AvgIpc) is 3.16. The third-order valence-corrected chi connectivity index (χ3v) is 6.01. The van der Waals surface area contributed by atoms with E-state index in [4.69, 9.17) is 11.6 Å². The van der Waals surface area contributed by atoms with Crippen molar-refractivity contribution in [1.82, 2.24) is 15.2 Å². The Morgan fingerprint density at radius 1 is 0.963 bits per heavy atom. The van der Waals surface area contributed by atoms with Crippen LogP contribution >= 0.6 is 34.7 Å². The summed E-state index contributed by atoms with van der Waals surface area (Å²) < 4.78 is 0. The molecule has 0 bridgehead atoms. The van der Waals surface area contributed by atoms with Crippen LogP contribution in [0.25, 0.3) is 10.6 Å². The predicted octanol–water partition coefficient (Wildman–Crippen LogP) is 6.29. The Morgan fingerprint density at radius 3 is 2.67 bits per heavy atom. The number of pyridine rings is 1. The molecule has 0 radical (unpaired) electrons. The van der Waals surface area contributed by atoms with E-state index >= 15 is 0 Å². The number of anilines is 2. The van der Waals surface area contributed by atoms with Gasteiger partial charge in [0, 0.05) is 39.3 Å². The van der Waals surface area contributed by atoms with Gasteiger partial charge in [0.25, 0.3) is 0 Å². The van der Waals surface area contributed by atoms with Crippen LogP contribution in [0.3, 0.4) is 0 Å². The molecule has 0 spiro atoms. The van der Waals surface area contributed by atoms with Crippen LogP contribution in [0.4, 0.5) is 10.8 Å². The Hall–Kier alpha value is -2.41. The van der Waals surface area contributed by atoms with Crippen molar-refractivity contribution in [3.63, 3.8) is 0 Å². The largest absolute Gasteiger partial charge is 0.330 e. The quantitative estimate of drug-likeness (QED) is 0.378. The topological polar surface area (TPSA) is 50.7 Å². The molecule has 7 heteroatoms. The molecule has 27 heavy (non-hydrogen) atoms. The van der Waals surface area contributed by atoms with Crippen molar-refractivity contribution < 1.29 is 0 Å². The molecule has 0 aliphatic carbocycles. The van der Waals surface area contributed by atoms with Gasteiger partial charge in [-0.25, -0.2) is 0 Å². The Labute approximate surface area is 170 Å². The third kappa shape index (κ3) is 4.66. The number of nitrogens with one attached hydrogen (secondary N) is 1. The van der Waals surface area contributed by atoms with Crippen molar-refractivity contribution >= 4 is 45.5 Å². The van der Waals surface area contributed by atoms with Crippen LogP contribution in [-0.2, 0) is 5.75 Å². The molecule has 0 aliphatic heterocycles. The zero-order valence-electron chi connectivity index (χ0n) is 14.2. The smallest absolute Gasteiger partial charge is 0.210 e. The number of hydrogen-bond donors (Lipinski definition) is 1. The van der Waals surface area contributed by atoms with Gasteiger partial charge >= 0.3 is 0 Å². The van der Waals surface area contributed by atoms with Crippen LogP contribution in [0.15, 0.2) is 78.0 Å². The lowest BCUT2D eigenvalue weighted by molar-refractivity contribution is 1.09. The van der Waals surface area contributed by atoms with Gasteiger partial charge in [-0.15, -0.1) is 22.0 Å². The fraction of sp³-hybridized carbons (Fsp3) is 0.0500. The van der Waals surface area contributed by atoms with Crippen LogP contribution < -0.4 is 5.32 Å². The summed E-state index contributed by atoms with van der Waals surface area (Å²) in [4.78, 5) is 5.25. The first-order chi connectivity index (χ1) is 13.3. The molecule has 2 heterocycles. The second-order valence-corrected chi connectivity index (χ2v) is 8.12. The minimum Gasteiger partial charge on any atom is -0.330 e. The fourth-order valence-corrected chi connectivity index (χ4v) is 4.55. The highest BCUT2D eigenvalue weighted by Gasteiger charge is 2.11. The summed E-state index contributed by atoms with van der Waals surface area (Å²) in [6.45, 7) is 0. The summed E-state index contributed by atoms with van der Waals surface area (Å²) in [5, 5.41) is 14.2. The Morgan fingerprint density at radius 2 is 1.81 bits per heavy atom. The lowest BCUT2D eigenvalue weighted by atomic mass is 10.2. The standard InChI is InChI=1S/C20H15ClN4S2/c21-15-4-3-5-16(12-15)23-20-25-24-19(27-20)17-6-1-2-7-18(17)26-13-14-8-10-22-11-9-14/h1-12H,13H2,(H,23,25). The number of halogens is 1.